The first-order chi connectivity index (χ1) is 18.5. The lowest BCUT2D eigenvalue weighted by Gasteiger charge is -2.18. The number of nitrogens with zero attached hydrogens (tertiary/aromatic N) is 5. The number of amidine groups is 1. The SMILES string of the molecule is CCN(C(=O)O)c1cc(F)cc2c1[nH]c1ncc(-c3cncc(CC(=N)N)c3)c(-n3ccc(C(F)(F)F)n3)c12. The van der Waals surface area contributed by atoms with Crippen molar-refractivity contribution in [1.82, 2.24) is 24.7 Å². The van der Waals surface area contributed by atoms with Gasteiger partial charge < -0.3 is 15.8 Å². The summed E-state index contributed by atoms with van der Waals surface area (Å²) in [6.45, 7) is 1.59. The summed E-state index contributed by atoms with van der Waals surface area (Å²) < 4.78 is 56.4. The summed E-state index contributed by atoms with van der Waals surface area (Å²) in [4.78, 5) is 24.4. The number of nitrogens with two attached hydrogens (primary N) is 1. The number of H-pyrrole nitrogens is 1. The molecule has 0 atom stereocenters. The maximum atomic E-state index is 14.9. The van der Waals surface area contributed by atoms with Crippen molar-refractivity contribution < 1.29 is 27.5 Å². The molecule has 10 nitrogen and oxygen atoms in total. The second-order valence-electron chi connectivity index (χ2n) is 8.67. The van der Waals surface area contributed by atoms with Crippen molar-refractivity contribution in [3.05, 3.63) is 66.1 Å². The van der Waals surface area contributed by atoms with Crippen molar-refractivity contribution >= 4 is 39.6 Å². The topological polar surface area (TPSA) is 150 Å². The Morgan fingerprint density at radius 1 is 1.23 bits per heavy atom. The van der Waals surface area contributed by atoms with E-state index in [9.17, 15) is 27.5 Å². The second kappa shape index (κ2) is 9.38. The van der Waals surface area contributed by atoms with Gasteiger partial charge in [-0.1, -0.05) is 0 Å². The fourth-order valence-electron chi connectivity index (χ4n) is 4.51. The Morgan fingerprint density at radius 3 is 2.64 bits per heavy atom. The van der Waals surface area contributed by atoms with Crippen LogP contribution in [0.15, 0.2) is 49.1 Å². The van der Waals surface area contributed by atoms with Gasteiger partial charge in [0.15, 0.2) is 5.69 Å². The minimum atomic E-state index is -4.72. The number of carboxylic acid groups (broad SMARTS) is 1. The molecule has 0 saturated carbocycles. The van der Waals surface area contributed by atoms with E-state index in [1.54, 1.807) is 13.0 Å². The van der Waals surface area contributed by atoms with E-state index in [0.717, 1.165) is 34.0 Å². The first-order valence-corrected chi connectivity index (χ1v) is 11.5. The van der Waals surface area contributed by atoms with Crippen molar-refractivity contribution in [3.63, 3.8) is 0 Å². The molecule has 200 valence electrons. The van der Waals surface area contributed by atoms with Crippen LogP contribution in [0, 0.1) is 11.2 Å². The molecular formula is C25H20F4N8O2. The van der Waals surface area contributed by atoms with Crippen LogP contribution in [-0.4, -0.2) is 48.3 Å². The smallest absolute Gasteiger partial charge is 0.435 e. The van der Waals surface area contributed by atoms with Crippen LogP contribution in [0.5, 0.6) is 0 Å². The zero-order valence-electron chi connectivity index (χ0n) is 20.2. The number of rotatable bonds is 6. The van der Waals surface area contributed by atoms with Crippen LogP contribution in [0.2, 0.25) is 0 Å². The minimum absolute atomic E-state index is 0.0114. The van der Waals surface area contributed by atoms with Crippen LogP contribution >= 0.6 is 0 Å². The van der Waals surface area contributed by atoms with Crippen molar-refractivity contribution in [2.24, 2.45) is 5.73 Å². The molecule has 0 saturated heterocycles. The number of anilines is 1. The molecule has 0 spiro atoms. The van der Waals surface area contributed by atoms with Crippen molar-refractivity contribution in [1.29, 1.82) is 5.41 Å². The Kier molecular flexibility index (Phi) is 6.17. The molecule has 14 heteroatoms. The number of aromatic nitrogens is 5. The number of pyridine rings is 2. The molecule has 0 aliphatic heterocycles. The van der Waals surface area contributed by atoms with Crippen LogP contribution < -0.4 is 10.6 Å². The third kappa shape index (κ3) is 4.60. The van der Waals surface area contributed by atoms with Gasteiger partial charge in [0.25, 0.3) is 0 Å². The van der Waals surface area contributed by atoms with E-state index in [1.165, 1.54) is 18.6 Å². The lowest BCUT2D eigenvalue weighted by Crippen LogP contribution is -2.29. The fraction of sp³-hybridized carbons (Fsp3) is 0.160. The lowest BCUT2D eigenvalue weighted by atomic mass is 10.0. The van der Waals surface area contributed by atoms with Gasteiger partial charge in [-0.3, -0.25) is 15.3 Å². The number of fused-ring (bicyclic) bond motifs is 3. The molecule has 0 fully saturated rings. The number of hydrogen-bond acceptors (Lipinski definition) is 5. The van der Waals surface area contributed by atoms with Crippen molar-refractivity contribution in [3.8, 4) is 16.8 Å². The van der Waals surface area contributed by atoms with E-state index in [2.05, 4.69) is 20.1 Å². The van der Waals surface area contributed by atoms with Gasteiger partial charge in [-0.05, 0) is 36.8 Å². The monoisotopic (exact) mass is 540 g/mol. The summed E-state index contributed by atoms with van der Waals surface area (Å²) >= 11 is 0. The number of halogens is 4. The van der Waals surface area contributed by atoms with Gasteiger partial charge in [-0.15, -0.1) is 0 Å². The van der Waals surface area contributed by atoms with Crippen LogP contribution in [0.3, 0.4) is 0 Å². The maximum absolute atomic E-state index is 14.9. The summed E-state index contributed by atoms with van der Waals surface area (Å²) in [7, 11) is 0. The average Bonchev–Trinajstić information content (AvgIpc) is 3.49. The Bertz CT molecular complexity index is 1760. The van der Waals surface area contributed by atoms with Gasteiger partial charge in [0.2, 0.25) is 0 Å². The van der Waals surface area contributed by atoms with E-state index < -0.39 is 23.8 Å². The minimum Gasteiger partial charge on any atom is -0.465 e. The summed E-state index contributed by atoms with van der Waals surface area (Å²) in [5.74, 6) is -0.862. The molecule has 5 N–H and O–H groups in total. The highest BCUT2D eigenvalue weighted by Crippen LogP contribution is 2.40. The lowest BCUT2D eigenvalue weighted by molar-refractivity contribution is -0.141. The molecule has 1 amide bonds. The predicted octanol–water partition coefficient (Wildman–Crippen LogP) is 5.10. The quantitative estimate of drug-likeness (QED) is 0.134. The molecule has 39 heavy (non-hydrogen) atoms. The van der Waals surface area contributed by atoms with Gasteiger partial charge in [-0.25, -0.2) is 18.9 Å². The first-order valence-electron chi connectivity index (χ1n) is 11.5. The van der Waals surface area contributed by atoms with E-state index in [4.69, 9.17) is 11.1 Å². The number of hydrogen-bond donors (Lipinski definition) is 4. The third-order valence-electron chi connectivity index (χ3n) is 6.09. The van der Waals surface area contributed by atoms with Gasteiger partial charge in [0.1, 0.15) is 11.5 Å². The van der Waals surface area contributed by atoms with E-state index in [1.807, 2.05) is 0 Å². The van der Waals surface area contributed by atoms with Gasteiger partial charge in [0.05, 0.1) is 28.1 Å². The zero-order valence-corrected chi connectivity index (χ0v) is 20.2. The van der Waals surface area contributed by atoms with Gasteiger partial charge in [-0.2, -0.15) is 18.3 Å². The Morgan fingerprint density at radius 2 is 2.00 bits per heavy atom. The summed E-state index contributed by atoms with van der Waals surface area (Å²) in [5, 5.41) is 21.4. The molecule has 0 bridgehead atoms. The second-order valence-corrected chi connectivity index (χ2v) is 8.67. The number of amides is 1. The number of nitrogens with one attached hydrogen (secondary N) is 2. The van der Waals surface area contributed by atoms with Crippen LogP contribution in [-0.2, 0) is 12.6 Å². The van der Waals surface area contributed by atoms with Crippen LogP contribution in [0.1, 0.15) is 18.2 Å². The third-order valence-corrected chi connectivity index (χ3v) is 6.09. The number of carbonyl (C=O) groups is 1. The molecule has 0 aliphatic rings. The number of alkyl halides is 3. The molecule has 0 radical (unpaired) electrons. The molecule has 0 aliphatic carbocycles. The van der Waals surface area contributed by atoms with Crippen molar-refractivity contribution in [2.75, 3.05) is 11.4 Å². The standard InChI is InChI=1S/C25H20F4N8O2/c1-2-36(24(38)39)17-8-14(26)7-15-20-22(37-4-3-18(35-37)25(27,28)29)16(11-33-23(20)34-21(15)17)13-5-12(6-19(30)31)9-32-10-13/h3-5,7-11H,2,6H2,1H3,(H3,30,31)(H,33,34)(H,38,39). The highest BCUT2D eigenvalue weighted by molar-refractivity contribution is 6.16. The van der Waals surface area contributed by atoms with Gasteiger partial charge in [0, 0.05) is 54.3 Å². The summed E-state index contributed by atoms with van der Waals surface area (Å²) in [6.07, 6.45) is -0.436. The summed E-state index contributed by atoms with van der Waals surface area (Å²) in [5.41, 5.74) is 6.28. The Hall–Kier alpha value is -5.01. The largest absolute Gasteiger partial charge is 0.465 e. The molecule has 0 unspecified atom stereocenters. The fourth-order valence-corrected chi connectivity index (χ4v) is 4.51. The molecule has 5 rings (SSSR count). The summed E-state index contributed by atoms with van der Waals surface area (Å²) in [6, 6.07) is 4.69. The number of benzene rings is 1. The first kappa shape index (κ1) is 25.6. The van der Waals surface area contributed by atoms with E-state index >= 15 is 0 Å². The Balaban J connectivity index is 1.88. The number of aromatic amines is 1. The zero-order chi connectivity index (χ0) is 28.1. The van der Waals surface area contributed by atoms with Crippen molar-refractivity contribution in [2.45, 2.75) is 19.5 Å². The molecule has 5 aromatic rings. The Labute approximate surface area is 217 Å². The molecule has 1 aromatic carbocycles. The van der Waals surface area contributed by atoms with E-state index in [0.29, 0.717) is 16.7 Å². The van der Waals surface area contributed by atoms with Crippen LogP contribution in [0.25, 0.3) is 38.8 Å². The van der Waals surface area contributed by atoms with Gasteiger partial charge >= 0.3 is 12.3 Å². The average molecular weight is 540 g/mol. The predicted molar refractivity (Wildman–Crippen MR) is 136 cm³/mol. The molecule has 4 aromatic heterocycles. The molecule has 4 heterocycles. The molecular weight excluding hydrogens is 520 g/mol. The van der Waals surface area contributed by atoms with Crippen LogP contribution in [0.4, 0.5) is 28.0 Å². The van der Waals surface area contributed by atoms with E-state index in [-0.39, 0.29) is 52.1 Å². The highest BCUT2D eigenvalue weighted by atomic mass is 19.4. The highest BCUT2D eigenvalue weighted by Gasteiger charge is 2.34. The maximum Gasteiger partial charge on any atom is 0.435 e. The normalized spacial score (nSPS) is 11.8.